The Morgan fingerprint density at radius 3 is 2.86 bits per heavy atom. The van der Waals surface area contributed by atoms with Crippen LogP contribution in [0.2, 0.25) is 0 Å². The number of aliphatic hydroxyl groups is 1. The van der Waals surface area contributed by atoms with Crippen LogP contribution in [0.1, 0.15) is 35.3 Å². The van der Waals surface area contributed by atoms with E-state index in [1.165, 1.54) is 11.1 Å². The van der Waals surface area contributed by atoms with Crippen LogP contribution in [0.15, 0.2) is 57.4 Å². The largest absolute Gasteiger partial charge is 0.457 e. The molecule has 0 radical (unpaired) electrons. The predicted molar refractivity (Wildman–Crippen MR) is 86.4 cm³/mol. The summed E-state index contributed by atoms with van der Waals surface area (Å²) in [6.45, 7) is 0. The van der Waals surface area contributed by atoms with Crippen molar-refractivity contribution in [2.24, 2.45) is 0 Å². The Morgan fingerprint density at radius 1 is 1.19 bits per heavy atom. The van der Waals surface area contributed by atoms with E-state index in [4.69, 9.17) is 4.42 Å². The summed E-state index contributed by atoms with van der Waals surface area (Å²) in [7, 11) is 0. The Hall–Kier alpha value is -1.58. The molecule has 106 valence electrons. The number of aliphatic hydroxyl groups excluding tert-OH is 1. The summed E-state index contributed by atoms with van der Waals surface area (Å²) in [6, 6.07) is 16.3. The fourth-order valence-electron chi connectivity index (χ4n) is 3.17. The summed E-state index contributed by atoms with van der Waals surface area (Å²) in [5.41, 5.74) is 3.58. The van der Waals surface area contributed by atoms with E-state index in [2.05, 4.69) is 40.2 Å². The maximum Gasteiger partial charge on any atom is 0.148 e. The van der Waals surface area contributed by atoms with Crippen molar-refractivity contribution in [3.05, 3.63) is 69.9 Å². The maximum atomic E-state index is 10.5. The molecule has 1 heterocycles. The van der Waals surface area contributed by atoms with Crippen LogP contribution in [0.25, 0.3) is 11.0 Å². The van der Waals surface area contributed by atoms with Gasteiger partial charge in [-0.05, 0) is 57.9 Å². The number of fused-ring (bicyclic) bond motifs is 2. The van der Waals surface area contributed by atoms with Gasteiger partial charge in [0.15, 0.2) is 0 Å². The zero-order valence-electron chi connectivity index (χ0n) is 11.4. The molecule has 0 spiro atoms. The van der Waals surface area contributed by atoms with E-state index in [1.54, 1.807) is 0 Å². The van der Waals surface area contributed by atoms with Gasteiger partial charge in [0, 0.05) is 5.39 Å². The van der Waals surface area contributed by atoms with Crippen LogP contribution in [-0.2, 0) is 6.42 Å². The minimum atomic E-state index is -0.553. The standard InChI is InChI=1S/C18H15BrO2/c19-15-7-3-5-12-10-17(21-18(12)15)16(20)9-13-8-11-4-1-2-6-14(11)13/h1-7,10,13,16,20H,8-9H2. The van der Waals surface area contributed by atoms with Crippen LogP contribution < -0.4 is 0 Å². The number of hydrogen-bond acceptors (Lipinski definition) is 2. The van der Waals surface area contributed by atoms with Gasteiger partial charge in [-0.1, -0.05) is 36.4 Å². The molecular weight excluding hydrogens is 328 g/mol. The van der Waals surface area contributed by atoms with Gasteiger partial charge in [-0.15, -0.1) is 0 Å². The number of hydrogen-bond donors (Lipinski definition) is 1. The van der Waals surface area contributed by atoms with Crippen molar-refractivity contribution in [2.45, 2.75) is 24.9 Å². The van der Waals surface area contributed by atoms with Gasteiger partial charge in [-0.2, -0.15) is 0 Å². The summed E-state index contributed by atoms with van der Waals surface area (Å²) in [5, 5.41) is 11.5. The van der Waals surface area contributed by atoms with Crippen molar-refractivity contribution >= 4 is 26.9 Å². The van der Waals surface area contributed by atoms with Gasteiger partial charge in [0.25, 0.3) is 0 Å². The average Bonchev–Trinajstić information content (AvgIpc) is 2.90. The summed E-state index contributed by atoms with van der Waals surface area (Å²) in [4.78, 5) is 0. The lowest BCUT2D eigenvalue weighted by Crippen LogP contribution is -2.19. The van der Waals surface area contributed by atoms with E-state index in [1.807, 2.05) is 24.3 Å². The summed E-state index contributed by atoms with van der Waals surface area (Å²) >= 11 is 3.48. The summed E-state index contributed by atoms with van der Waals surface area (Å²) in [6.07, 6.45) is 1.22. The van der Waals surface area contributed by atoms with E-state index in [9.17, 15) is 5.11 Å². The zero-order valence-corrected chi connectivity index (χ0v) is 13.0. The highest BCUT2D eigenvalue weighted by atomic mass is 79.9. The molecule has 0 fully saturated rings. The van der Waals surface area contributed by atoms with Gasteiger partial charge in [0.2, 0.25) is 0 Å². The molecule has 21 heavy (non-hydrogen) atoms. The van der Waals surface area contributed by atoms with Gasteiger partial charge in [0.1, 0.15) is 17.4 Å². The molecule has 0 saturated carbocycles. The molecule has 3 heteroatoms. The average molecular weight is 343 g/mol. The summed E-state index contributed by atoms with van der Waals surface area (Å²) < 4.78 is 6.74. The summed E-state index contributed by atoms with van der Waals surface area (Å²) in [5.74, 6) is 1.09. The minimum absolute atomic E-state index is 0.438. The second kappa shape index (κ2) is 5.00. The molecule has 0 aliphatic heterocycles. The lowest BCUT2D eigenvalue weighted by atomic mass is 9.74. The first kappa shape index (κ1) is 13.1. The highest BCUT2D eigenvalue weighted by Gasteiger charge is 2.29. The van der Waals surface area contributed by atoms with Crippen LogP contribution in [0.5, 0.6) is 0 Å². The Morgan fingerprint density at radius 2 is 2.05 bits per heavy atom. The van der Waals surface area contributed by atoms with Crippen LogP contribution in [0.3, 0.4) is 0 Å². The van der Waals surface area contributed by atoms with Crippen molar-refractivity contribution in [1.29, 1.82) is 0 Å². The topological polar surface area (TPSA) is 33.4 Å². The molecule has 2 nitrogen and oxygen atoms in total. The molecule has 2 unspecified atom stereocenters. The van der Waals surface area contributed by atoms with Gasteiger partial charge in [0.05, 0.1) is 4.47 Å². The lowest BCUT2D eigenvalue weighted by molar-refractivity contribution is 0.130. The third kappa shape index (κ3) is 2.21. The molecule has 0 amide bonds. The second-order valence-corrected chi connectivity index (χ2v) is 6.51. The molecule has 1 N–H and O–H groups in total. The lowest BCUT2D eigenvalue weighted by Gasteiger charge is -2.31. The maximum absolute atomic E-state index is 10.5. The second-order valence-electron chi connectivity index (χ2n) is 5.66. The first-order valence-electron chi connectivity index (χ1n) is 7.16. The van der Waals surface area contributed by atoms with Crippen molar-refractivity contribution < 1.29 is 9.52 Å². The normalized spacial score (nSPS) is 18.3. The number of para-hydroxylation sites is 1. The number of furan rings is 1. The highest BCUT2D eigenvalue weighted by molar-refractivity contribution is 9.10. The molecule has 1 aliphatic rings. The third-order valence-corrected chi connectivity index (χ3v) is 4.94. The fourth-order valence-corrected chi connectivity index (χ4v) is 3.63. The van der Waals surface area contributed by atoms with Crippen molar-refractivity contribution in [2.75, 3.05) is 0 Å². The first-order chi connectivity index (χ1) is 10.2. The van der Waals surface area contributed by atoms with E-state index in [-0.39, 0.29) is 0 Å². The fraction of sp³-hybridized carbons (Fsp3) is 0.222. The van der Waals surface area contributed by atoms with Crippen LogP contribution >= 0.6 is 15.9 Å². The molecule has 3 aromatic rings. The molecule has 4 rings (SSSR count). The third-order valence-electron chi connectivity index (χ3n) is 4.31. The Kier molecular flexibility index (Phi) is 3.12. The smallest absolute Gasteiger partial charge is 0.148 e. The molecule has 2 atom stereocenters. The van der Waals surface area contributed by atoms with Gasteiger partial charge in [-0.25, -0.2) is 0 Å². The van der Waals surface area contributed by atoms with Crippen LogP contribution in [0.4, 0.5) is 0 Å². The Balaban J connectivity index is 1.57. The number of halogens is 1. The van der Waals surface area contributed by atoms with E-state index in [0.29, 0.717) is 18.1 Å². The molecule has 0 bridgehead atoms. The Labute approximate surface area is 131 Å². The van der Waals surface area contributed by atoms with Crippen molar-refractivity contribution in [3.8, 4) is 0 Å². The number of benzene rings is 2. The number of rotatable bonds is 3. The molecule has 0 saturated heterocycles. The predicted octanol–water partition coefficient (Wildman–Crippen LogP) is 4.96. The van der Waals surface area contributed by atoms with Gasteiger partial charge < -0.3 is 9.52 Å². The van der Waals surface area contributed by atoms with Crippen molar-refractivity contribution in [3.63, 3.8) is 0 Å². The van der Waals surface area contributed by atoms with Gasteiger partial charge in [-0.3, -0.25) is 0 Å². The van der Waals surface area contributed by atoms with Crippen molar-refractivity contribution in [1.82, 2.24) is 0 Å². The minimum Gasteiger partial charge on any atom is -0.457 e. The molecule has 1 aromatic heterocycles. The first-order valence-corrected chi connectivity index (χ1v) is 7.95. The van der Waals surface area contributed by atoms with Gasteiger partial charge >= 0.3 is 0 Å². The zero-order chi connectivity index (χ0) is 14.4. The van der Waals surface area contributed by atoms with E-state index >= 15 is 0 Å². The van der Waals surface area contributed by atoms with Crippen LogP contribution in [-0.4, -0.2) is 5.11 Å². The Bertz CT molecular complexity index is 806. The molecule has 1 aliphatic carbocycles. The quantitative estimate of drug-likeness (QED) is 0.729. The molecular formula is C18H15BrO2. The molecule has 2 aromatic carbocycles. The van der Waals surface area contributed by atoms with E-state index < -0.39 is 6.10 Å². The monoisotopic (exact) mass is 342 g/mol. The highest BCUT2D eigenvalue weighted by Crippen LogP contribution is 2.41. The SMILES string of the molecule is OC(CC1Cc2ccccc21)c1cc2cccc(Br)c2o1. The van der Waals surface area contributed by atoms with E-state index in [0.717, 1.165) is 21.9 Å². The van der Waals surface area contributed by atoms with Crippen LogP contribution in [0, 0.1) is 0 Å².